The lowest BCUT2D eigenvalue weighted by Crippen LogP contribution is -2.33. The average molecular weight is 219 g/mol. The van der Waals surface area contributed by atoms with Crippen molar-refractivity contribution in [2.75, 3.05) is 31.5 Å². The molecule has 1 aromatic rings. The number of pyridine rings is 1. The molecule has 1 N–H and O–H groups in total. The van der Waals surface area contributed by atoms with Crippen LogP contribution in [0.5, 0.6) is 0 Å². The van der Waals surface area contributed by atoms with Gasteiger partial charge in [0.1, 0.15) is 5.82 Å². The van der Waals surface area contributed by atoms with Crippen LogP contribution in [0.4, 0.5) is 5.82 Å². The summed E-state index contributed by atoms with van der Waals surface area (Å²) in [5, 5.41) is 3.38. The van der Waals surface area contributed by atoms with Crippen LogP contribution in [-0.2, 0) is 0 Å². The smallest absolute Gasteiger partial charge is 0.126 e. The van der Waals surface area contributed by atoms with E-state index in [9.17, 15) is 0 Å². The maximum absolute atomic E-state index is 4.43. The summed E-state index contributed by atoms with van der Waals surface area (Å²) in [6.45, 7) is 6.69. The summed E-state index contributed by atoms with van der Waals surface area (Å²) >= 11 is 0. The van der Waals surface area contributed by atoms with Crippen LogP contribution in [-0.4, -0.2) is 36.1 Å². The number of hydrogen-bond acceptors (Lipinski definition) is 3. The van der Waals surface area contributed by atoms with Crippen LogP contribution in [0.1, 0.15) is 25.0 Å². The fraction of sp³-hybridized carbons (Fsp3) is 0.615. The van der Waals surface area contributed by atoms with Gasteiger partial charge in [0.05, 0.1) is 0 Å². The number of nitrogens with one attached hydrogen (secondary N) is 1. The van der Waals surface area contributed by atoms with Gasteiger partial charge in [-0.3, -0.25) is 0 Å². The summed E-state index contributed by atoms with van der Waals surface area (Å²) in [6, 6.07) is 6.10. The third-order valence-corrected chi connectivity index (χ3v) is 3.07. The van der Waals surface area contributed by atoms with E-state index < -0.39 is 0 Å². The third-order valence-electron chi connectivity index (χ3n) is 3.07. The lowest BCUT2D eigenvalue weighted by Gasteiger charge is -2.26. The van der Waals surface area contributed by atoms with E-state index in [1.807, 2.05) is 25.1 Å². The lowest BCUT2D eigenvalue weighted by molar-refractivity contribution is 0.237. The van der Waals surface area contributed by atoms with Gasteiger partial charge in [-0.25, -0.2) is 4.98 Å². The van der Waals surface area contributed by atoms with Gasteiger partial charge in [0, 0.05) is 18.8 Å². The Morgan fingerprint density at radius 2 is 2.06 bits per heavy atom. The number of hydrogen-bond donors (Lipinski definition) is 1. The second-order valence-corrected chi connectivity index (χ2v) is 4.49. The summed E-state index contributed by atoms with van der Waals surface area (Å²) in [7, 11) is 0. The summed E-state index contributed by atoms with van der Waals surface area (Å²) < 4.78 is 0. The molecule has 16 heavy (non-hydrogen) atoms. The van der Waals surface area contributed by atoms with E-state index in [0.717, 1.165) is 24.6 Å². The SMILES string of the molecule is Cc1cccc(NCCN2CCCCC2)n1. The van der Waals surface area contributed by atoms with E-state index in [0.29, 0.717) is 0 Å². The van der Waals surface area contributed by atoms with Gasteiger partial charge in [-0.2, -0.15) is 0 Å². The minimum atomic E-state index is 0.996. The molecular formula is C13H21N3. The highest BCUT2D eigenvalue weighted by Gasteiger charge is 2.08. The average Bonchev–Trinajstić information content (AvgIpc) is 2.30. The minimum Gasteiger partial charge on any atom is -0.369 e. The zero-order valence-electron chi connectivity index (χ0n) is 10.1. The molecule has 1 aliphatic heterocycles. The monoisotopic (exact) mass is 219 g/mol. The van der Waals surface area contributed by atoms with Gasteiger partial charge in [-0.15, -0.1) is 0 Å². The molecule has 0 aromatic carbocycles. The topological polar surface area (TPSA) is 28.2 Å². The maximum atomic E-state index is 4.43. The molecule has 0 aliphatic carbocycles. The Morgan fingerprint density at radius 1 is 1.25 bits per heavy atom. The van der Waals surface area contributed by atoms with Gasteiger partial charge < -0.3 is 10.2 Å². The first-order valence-electron chi connectivity index (χ1n) is 6.24. The molecule has 1 fully saturated rings. The zero-order chi connectivity index (χ0) is 11.2. The fourth-order valence-electron chi connectivity index (χ4n) is 2.17. The van der Waals surface area contributed by atoms with Crippen molar-refractivity contribution in [1.82, 2.24) is 9.88 Å². The summed E-state index contributed by atoms with van der Waals surface area (Å²) in [6.07, 6.45) is 4.13. The molecule has 2 heterocycles. The van der Waals surface area contributed by atoms with Gasteiger partial charge in [0.2, 0.25) is 0 Å². The molecule has 88 valence electrons. The number of aryl methyl sites for hydroxylation is 1. The summed E-state index contributed by atoms with van der Waals surface area (Å²) in [4.78, 5) is 6.96. The summed E-state index contributed by atoms with van der Waals surface area (Å²) in [5.74, 6) is 0.997. The highest BCUT2D eigenvalue weighted by Crippen LogP contribution is 2.08. The molecule has 0 atom stereocenters. The van der Waals surface area contributed by atoms with E-state index in [1.54, 1.807) is 0 Å². The number of anilines is 1. The van der Waals surface area contributed by atoms with Gasteiger partial charge in [-0.05, 0) is 45.0 Å². The van der Waals surface area contributed by atoms with E-state index >= 15 is 0 Å². The first-order valence-corrected chi connectivity index (χ1v) is 6.24. The molecule has 0 unspecified atom stereocenters. The number of aromatic nitrogens is 1. The molecule has 1 aliphatic rings. The van der Waals surface area contributed by atoms with Crippen LogP contribution in [0.2, 0.25) is 0 Å². The molecule has 1 aromatic heterocycles. The largest absolute Gasteiger partial charge is 0.369 e. The van der Waals surface area contributed by atoms with E-state index in [4.69, 9.17) is 0 Å². The van der Waals surface area contributed by atoms with E-state index in [1.165, 1.54) is 32.4 Å². The Morgan fingerprint density at radius 3 is 2.81 bits per heavy atom. The van der Waals surface area contributed by atoms with Crippen LogP contribution < -0.4 is 5.32 Å². The second-order valence-electron chi connectivity index (χ2n) is 4.49. The quantitative estimate of drug-likeness (QED) is 0.842. The van der Waals surface area contributed by atoms with Gasteiger partial charge in [0.15, 0.2) is 0 Å². The maximum Gasteiger partial charge on any atom is 0.126 e. The number of rotatable bonds is 4. The highest BCUT2D eigenvalue weighted by atomic mass is 15.1. The molecule has 0 radical (unpaired) electrons. The van der Waals surface area contributed by atoms with Crippen LogP contribution in [0.3, 0.4) is 0 Å². The second kappa shape index (κ2) is 5.85. The van der Waals surface area contributed by atoms with Crippen molar-refractivity contribution < 1.29 is 0 Å². The van der Waals surface area contributed by atoms with Crippen molar-refractivity contribution in [3.05, 3.63) is 23.9 Å². The molecule has 0 saturated carbocycles. The van der Waals surface area contributed by atoms with Gasteiger partial charge >= 0.3 is 0 Å². The van der Waals surface area contributed by atoms with Crippen molar-refractivity contribution in [1.29, 1.82) is 0 Å². The van der Waals surface area contributed by atoms with E-state index in [-0.39, 0.29) is 0 Å². The van der Waals surface area contributed by atoms with Crippen LogP contribution in [0.15, 0.2) is 18.2 Å². The molecule has 0 amide bonds. The third kappa shape index (κ3) is 3.49. The molecule has 0 spiro atoms. The Labute approximate surface area is 97.9 Å². The number of piperidine rings is 1. The van der Waals surface area contributed by atoms with Crippen LogP contribution in [0, 0.1) is 6.92 Å². The normalized spacial score (nSPS) is 17.3. The Bertz CT molecular complexity index is 319. The summed E-state index contributed by atoms with van der Waals surface area (Å²) in [5.41, 5.74) is 1.07. The van der Waals surface area contributed by atoms with Crippen molar-refractivity contribution in [2.45, 2.75) is 26.2 Å². The van der Waals surface area contributed by atoms with Crippen molar-refractivity contribution in [2.24, 2.45) is 0 Å². The van der Waals surface area contributed by atoms with Crippen molar-refractivity contribution in [3.8, 4) is 0 Å². The Kier molecular flexibility index (Phi) is 4.17. The number of nitrogens with zero attached hydrogens (tertiary/aromatic N) is 2. The first kappa shape index (κ1) is 11.4. The van der Waals surface area contributed by atoms with Crippen molar-refractivity contribution in [3.63, 3.8) is 0 Å². The van der Waals surface area contributed by atoms with Crippen molar-refractivity contribution >= 4 is 5.82 Å². The Balaban J connectivity index is 1.71. The molecule has 2 rings (SSSR count). The predicted molar refractivity (Wildman–Crippen MR) is 67.8 cm³/mol. The van der Waals surface area contributed by atoms with Crippen LogP contribution >= 0.6 is 0 Å². The predicted octanol–water partition coefficient (Wildman–Crippen LogP) is 2.29. The minimum absolute atomic E-state index is 0.996. The first-order chi connectivity index (χ1) is 7.84. The van der Waals surface area contributed by atoms with Gasteiger partial charge in [0.25, 0.3) is 0 Å². The van der Waals surface area contributed by atoms with Gasteiger partial charge in [-0.1, -0.05) is 12.5 Å². The van der Waals surface area contributed by atoms with E-state index in [2.05, 4.69) is 15.2 Å². The Hall–Kier alpha value is -1.09. The standard InChI is InChI=1S/C13H21N3/c1-12-6-5-7-13(15-12)14-8-11-16-9-3-2-4-10-16/h5-7H,2-4,8-11H2,1H3,(H,14,15). The number of likely N-dealkylation sites (tertiary alicyclic amines) is 1. The highest BCUT2D eigenvalue weighted by molar-refractivity contribution is 5.34. The fourth-order valence-corrected chi connectivity index (χ4v) is 2.17. The lowest BCUT2D eigenvalue weighted by atomic mass is 10.1. The molecule has 3 nitrogen and oxygen atoms in total. The molecule has 1 saturated heterocycles. The molecule has 3 heteroatoms. The van der Waals surface area contributed by atoms with Crippen LogP contribution in [0.25, 0.3) is 0 Å². The molecule has 0 bridgehead atoms. The zero-order valence-corrected chi connectivity index (χ0v) is 10.1. The molecular weight excluding hydrogens is 198 g/mol.